The van der Waals surface area contributed by atoms with Gasteiger partial charge in [-0.2, -0.15) is 5.10 Å². The lowest BCUT2D eigenvalue weighted by molar-refractivity contribution is 0.670. The Morgan fingerprint density at radius 3 is 2.55 bits per heavy atom. The lowest BCUT2D eigenvalue weighted by atomic mass is 9.98. The minimum atomic E-state index is 0.543. The summed E-state index contributed by atoms with van der Waals surface area (Å²) < 4.78 is 1.76. The van der Waals surface area contributed by atoms with Gasteiger partial charge in [0.25, 0.3) is 0 Å². The van der Waals surface area contributed by atoms with Crippen LogP contribution in [-0.4, -0.2) is 29.5 Å². The maximum absolute atomic E-state index is 5.77. The van der Waals surface area contributed by atoms with Crippen LogP contribution < -0.4 is 11.1 Å². The fourth-order valence-electron chi connectivity index (χ4n) is 4.63. The molecule has 4 aromatic heterocycles. The number of nitrogens with one attached hydrogen (secondary N) is 2. The number of imidazole rings is 1. The molecule has 6 aromatic rings. The number of hydrogen-bond acceptors (Lipinski definition) is 6. The molecule has 0 unspecified atom stereocenters. The maximum Gasteiger partial charge on any atom is 0.155 e. The van der Waals surface area contributed by atoms with E-state index < -0.39 is 0 Å². The average Bonchev–Trinajstić information content (AvgIpc) is 3.60. The highest BCUT2D eigenvalue weighted by atomic mass is 15.3. The summed E-state index contributed by atoms with van der Waals surface area (Å²) in [7, 11) is 0. The molecule has 0 amide bonds. The second-order valence-electron chi connectivity index (χ2n) is 9.21. The van der Waals surface area contributed by atoms with Crippen molar-refractivity contribution in [3.63, 3.8) is 0 Å². The van der Waals surface area contributed by atoms with Crippen LogP contribution in [0, 0.1) is 6.92 Å². The van der Waals surface area contributed by atoms with Gasteiger partial charge < -0.3 is 16.0 Å². The third-order valence-corrected chi connectivity index (χ3v) is 6.57. The molecule has 4 heterocycles. The summed E-state index contributed by atoms with van der Waals surface area (Å²) in [6.45, 7) is 3.81. The summed E-state index contributed by atoms with van der Waals surface area (Å²) in [6, 6.07) is 26.8. The van der Waals surface area contributed by atoms with E-state index in [1.165, 1.54) is 16.7 Å². The molecule has 38 heavy (non-hydrogen) atoms. The smallest absolute Gasteiger partial charge is 0.155 e. The molecule has 4 N–H and O–H groups in total. The topological polar surface area (TPSA) is 110 Å². The zero-order valence-corrected chi connectivity index (χ0v) is 21.1. The minimum absolute atomic E-state index is 0.543. The van der Waals surface area contributed by atoms with Crippen LogP contribution in [0.2, 0.25) is 0 Å². The molecule has 0 aliphatic rings. The van der Waals surface area contributed by atoms with Gasteiger partial charge in [0.2, 0.25) is 0 Å². The zero-order chi connectivity index (χ0) is 25.9. The fraction of sp³-hybridized carbons (Fsp3) is 0.133. The molecule has 2 aromatic carbocycles. The van der Waals surface area contributed by atoms with E-state index in [0.29, 0.717) is 19.6 Å². The third-order valence-electron chi connectivity index (χ3n) is 6.57. The van der Waals surface area contributed by atoms with Crippen LogP contribution >= 0.6 is 0 Å². The number of nitrogens with zero attached hydrogens (tertiary/aromatic N) is 5. The minimum Gasteiger partial charge on any atom is -0.340 e. The lowest BCUT2D eigenvalue weighted by Crippen LogP contribution is -2.14. The van der Waals surface area contributed by atoms with E-state index in [9.17, 15) is 0 Å². The summed E-state index contributed by atoms with van der Waals surface area (Å²) in [4.78, 5) is 17.5. The van der Waals surface area contributed by atoms with Gasteiger partial charge in [0.05, 0.1) is 17.9 Å². The van der Waals surface area contributed by atoms with Crippen molar-refractivity contribution in [3.05, 3.63) is 114 Å². The Morgan fingerprint density at radius 1 is 0.868 bits per heavy atom. The molecule has 188 valence electrons. The van der Waals surface area contributed by atoms with Gasteiger partial charge in [-0.25, -0.2) is 14.5 Å². The predicted octanol–water partition coefficient (Wildman–Crippen LogP) is 4.91. The van der Waals surface area contributed by atoms with Gasteiger partial charge in [-0.15, -0.1) is 0 Å². The second-order valence-corrected chi connectivity index (χ2v) is 9.21. The molecule has 0 fully saturated rings. The number of H-pyrrole nitrogens is 1. The van der Waals surface area contributed by atoms with Gasteiger partial charge in [-0.1, -0.05) is 54.6 Å². The van der Waals surface area contributed by atoms with Crippen molar-refractivity contribution in [1.82, 2.24) is 34.9 Å². The van der Waals surface area contributed by atoms with E-state index in [1.807, 2.05) is 43.5 Å². The largest absolute Gasteiger partial charge is 0.340 e. The molecule has 0 aliphatic heterocycles. The fourth-order valence-corrected chi connectivity index (χ4v) is 4.63. The summed E-state index contributed by atoms with van der Waals surface area (Å²) >= 11 is 0. The highest BCUT2D eigenvalue weighted by Gasteiger charge is 2.16. The Bertz CT molecular complexity index is 1700. The van der Waals surface area contributed by atoms with Crippen LogP contribution in [0.3, 0.4) is 0 Å². The number of pyridine rings is 2. The van der Waals surface area contributed by atoms with Crippen LogP contribution in [0.25, 0.3) is 39.4 Å². The van der Waals surface area contributed by atoms with Gasteiger partial charge >= 0.3 is 0 Å². The summed E-state index contributed by atoms with van der Waals surface area (Å²) in [5, 5.41) is 7.86. The molecule has 0 radical (unpaired) electrons. The standard InChI is InChI=1S/C30H28N8/c1-20-5-4-8-26(35-20)30-29(24-13-14-28-33-19-34-38(28)18-24)36-27(37-30)17-32-16-23-6-2-3-7-25(23)22-11-9-21(15-31)10-12-22/h2-14,18-19,32H,15-17,31H2,1H3,(H,36,37). The molecule has 0 spiro atoms. The number of nitrogens with two attached hydrogens (primary N) is 1. The van der Waals surface area contributed by atoms with Crippen LogP contribution in [-0.2, 0) is 19.6 Å². The van der Waals surface area contributed by atoms with Crippen LogP contribution in [0.15, 0.2) is 91.4 Å². The van der Waals surface area contributed by atoms with Crippen molar-refractivity contribution < 1.29 is 0 Å². The van der Waals surface area contributed by atoms with Crippen molar-refractivity contribution in [3.8, 4) is 33.8 Å². The Kier molecular flexibility index (Phi) is 6.47. The van der Waals surface area contributed by atoms with Crippen molar-refractivity contribution >= 4 is 5.65 Å². The Labute approximate surface area is 220 Å². The van der Waals surface area contributed by atoms with E-state index >= 15 is 0 Å². The highest BCUT2D eigenvalue weighted by molar-refractivity contribution is 5.77. The first-order valence-corrected chi connectivity index (χ1v) is 12.6. The number of aryl methyl sites for hydroxylation is 1. The SMILES string of the molecule is Cc1cccc(-c2nc(CNCc3ccccc3-c3ccc(CN)cc3)[nH]c2-c2ccc3ncnn3c2)n1. The molecule has 0 saturated heterocycles. The first-order chi connectivity index (χ1) is 18.7. The summed E-state index contributed by atoms with van der Waals surface area (Å²) in [6.07, 6.45) is 3.51. The zero-order valence-electron chi connectivity index (χ0n) is 21.1. The maximum atomic E-state index is 5.77. The molecule has 0 aliphatic carbocycles. The van der Waals surface area contributed by atoms with E-state index in [2.05, 4.69) is 68.9 Å². The number of aromatic amines is 1. The molecule has 8 nitrogen and oxygen atoms in total. The van der Waals surface area contributed by atoms with Gasteiger partial charge in [0.1, 0.15) is 17.8 Å². The number of benzene rings is 2. The third kappa shape index (κ3) is 4.82. The monoisotopic (exact) mass is 500 g/mol. The molecule has 0 saturated carbocycles. The van der Waals surface area contributed by atoms with Crippen molar-refractivity contribution in [2.75, 3.05) is 0 Å². The molecular formula is C30H28N8. The predicted molar refractivity (Wildman–Crippen MR) is 149 cm³/mol. The number of rotatable bonds is 8. The molecule has 0 bridgehead atoms. The average molecular weight is 501 g/mol. The van der Waals surface area contributed by atoms with Crippen molar-refractivity contribution in [2.45, 2.75) is 26.6 Å². The molecule has 6 rings (SSSR count). The van der Waals surface area contributed by atoms with E-state index in [0.717, 1.165) is 45.4 Å². The summed E-state index contributed by atoms with van der Waals surface area (Å²) in [5.74, 6) is 0.835. The van der Waals surface area contributed by atoms with Crippen LogP contribution in [0.4, 0.5) is 0 Å². The quantitative estimate of drug-likeness (QED) is 0.274. The number of fused-ring (bicyclic) bond motifs is 1. The van der Waals surface area contributed by atoms with Crippen LogP contribution in [0.5, 0.6) is 0 Å². The van der Waals surface area contributed by atoms with E-state index in [4.69, 9.17) is 15.7 Å². The van der Waals surface area contributed by atoms with Crippen molar-refractivity contribution in [1.29, 1.82) is 0 Å². The van der Waals surface area contributed by atoms with Gasteiger partial charge in [-0.3, -0.25) is 4.98 Å². The molecule has 0 atom stereocenters. The lowest BCUT2D eigenvalue weighted by Gasteiger charge is -2.11. The normalized spacial score (nSPS) is 11.3. The van der Waals surface area contributed by atoms with Gasteiger partial charge in [0.15, 0.2) is 5.65 Å². The van der Waals surface area contributed by atoms with Crippen molar-refractivity contribution in [2.24, 2.45) is 5.73 Å². The number of hydrogen-bond donors (Lipinski definition) is 3. The Hall–Kier alpha value is -4.66. The van der Waals surface area contributed by atoms with E-state index in [1.54, 1.807) is 10.8 Å². The number of aromatic nitrogens is 6. The van der Waals surface area contributed by atoms with E-state index in [-0.39, 0.29) is 0 Å². The summed E-state index contributed by atoms with van der Waals surface area (Å²) in [5.41, 5.74) is 15.7. The second kappa shape index (κ2) is 10.4. The van der Waals surface area contributed by atoms with Crippen LogP contribution in [0.1, 0.15) is 22.6 Å². The van der Waals surface area contributed by atoms with Gasteiger partial charge in [-0.05, 0) is 53.4 Å². The molecular weight excluding hydrogens is 472 g/mol. The first kappa shape index (κ1) is 23.7. The Balaban J connectivity index is 1.27. The highest BCUT2D eigenvalue weighted by Crippen LogP contribution is 2.30. The van der Waals surface area contributed by atoms with Gasteiger partial charge in [0, 0.05) is 30.5 Å². The molecule has 8 heteroatoms. The Morgan fingerprint density at radius 2 is 1.71 bits per heavy atom. The first-order valence-electron chi connectivity index (χ1n) is 12.6.